The Labute approximate surface area is 131 Å². The number of pyridine rings is 1. The first kappa shape index (κ1) is 15.3. The zero-order chi connectivity index (χ0) is 15.8. The maximum absolute atomic E-state index is 11.6. The van der Waals surface area contributed by atoms with Gasteiger partial charge in [0, 0.05) is 35.0 Å². The minimum Gasteiger partial charge on any atom is -0.384 e. The number of benzene rings is 1. The van der Waals surface area contributed by atoms with Gasteiger partial charge in [-0.3, -0.25) is 4.98 Å². The van der Waals surface area contributed by atoms with Gasteiger partial charge in [0.2, 0.25) is 0 Å². The Morgan fingerprint density at radius 3 is 2.64 bits per heavy atom. The van der Waals surface area contributed by atoms with Gasteiger partial charge in [-0.25, -0.2) is 8.42 Å². The summed E-state index contributed by atoms with van der Waals surface area (Å²) in [4.78, 5) is 4.64. The molecule has 4 nitrogen and oxygen atoms in total. The number of hydrogen-bond donors (Lipinski definition) is 1. The molecule has 1 aromatic carbocycles. The molecule has 0 amide bonds. The lowest BCUT2D eigenvalue weighted by atomic mass is 10.1. The number of para-hydroxylation sites is 1. The van der Waals surface area contributed by atoms with E-state index in [-0.39, 0.29) is 11.2 Å². The van der Waals surface area contributed by atoms with E-state index in [1.54, 1.807) is 0 Å². The first-order valence-corrected chi connectivity index (χ1v) is 9.77. The summed E-state index contributed by atoms with van der Waals surface area (Å²) < 4.78 is 23.1. The van der Waals surface area contributed by atoms with E-state index in [2.05, 4.69) is 29.4 Å². The van der Waals surface area contributed by atoms with Crippen LogP contribution < -0.4 is 5.32 Å². The SMILES string of the molecule is CCc1cc(NCC2(CS(C)(=O)=O)CC2)c2ccccc2n1. The highest BCUT2D eigenvalue weighted by atomic mass is 32.2. The van der Waals surface area contributed by atoms with Crippen LogP contribution in [0.1, 0.15) is 25.5 Å². The van der Waals surface area contributed by atoms with Crippen molar-refractivity contribution in [2.45, 2.75) is 26.2 Å². The van der Waals surface area contributed by atoms with Gasteiger partial charge < -0.3 is 5.32 Å². The molecule has 1 saturated carbocycles. The van der Waals surface area contributed by atoms with Crippen molar-refractivity contribution in [2.24, 2.45) is 5.41 Å². The summed E-state index contributed by atoms with van der Waals surface area (Å²) in [5.74, 6) is 0.274. The largest absolute Gasteiger partial charge is 0.384 e. The molecule has 22 heavy (non-hydrogen) atoms. The molecule has 0 unspecified atom stereocenters. The Morgan fingerprint density at radius 2 is 2.00 bits per heavy atom. The van der Waals surface area contributed by atoms with Gasteiger partial charge in [-0.1, -0.05) is 25.1 Å². The van der Waals surface area contributed by atoms with Crippen LogP contribution in [0.4, 0.5) is 5.69 Å². The molecular weight excluding hydrogens is 296 g/mol. The van der Waals surface area contributed by atoms with E-state index >= 15 is 0 Å². The standard InChI is InChI=1S/C17H22N2O2S/c1-3-13-10-16(14-6-4-5-7-15(14)19-13)18-11-17(8-9-17)12-22(2,20)21/h4-7,10H,3,8-9,11-12H2,1-2H3,(H,18,19). The van der Waals surface area contributed by atoms with Crippen molar-refractivity contribution in [3.8, 4) is 0 Å². The summed E-state index contributed by atoms with van der Waals surface area (Å²) in [5, 5.41) is 4.58. The summed E-state index contributed by atoms with van der Waals surface area (Å²) in [6.45, 7) is 2.80. The fraction of sp³-hybridized carbons (Fsp3) is 0.471. The molecule has 1 fully saturated rings. The lowest BCUT2D eigenvalue weighted by Gasteiger charge is -2.17. The fourth-order valence-corrected chi connectivity index (χ4v) is 4.45. The lowest BCUT2D eigenvalue weighted by molar-refractivity contribution is 0.561. The number of sulfone groups is 1. The summed E-state index contributed by atoms with van der Waals surface area (Å²) in [5.41, 5.74) is 3.01. The zero-order valence-electron chi connectivity index (χ0n) is 13.1. The number of aryl methyl sites for hydroxylation is 1. The van der Waals surface area contributed by atoms with Crippen LogP contribution >= 0.6 is 0 Å². The van der Waals surface area contributed by atoms with E-state index in [0.717, 1.165) is 41.5 Å². The maximum Gasteiger partial charge on any atom is 0.148 e. The van der Waals surface area contributed by atoms with Gasteiger partial charge in [-0.15, -0.1) is 0 Å². The zero-order valence-corrected chi connectivity index (χ0v) is 13.9. The second kappa shape index (κ2) is 5.54. The smallest absolute Gasteiger partial charge is 0.148 e. The van der Waals surface area contributed by atoms with Gasteiger partial charge in [0.25, 0.3) is 0 Å². The second-order valence-corrected chi connectivity index (χ2v) is 8.60. The minimum atomic E-state index is -2.93. The van der Waals surface area contributed by atoms with E-state index < -0.39 is 9.84 Å². The summed E-state index contributed by atoms with van der Waals surface area (Å²) in [7, 11) is -2.93. The number of rotatable bonds is 6. The average Bonchev–Trinajstić information content (AvgIpc) is 3.22. The number of fused-ring (bicyclic) bond motifs is 1. The van der Waals surface area contributed by atoms with Crippen LogP contribution in [0.15, 0.2) is 30.3 Å². The van der Waals surface area contributed by atoms with Crippen LogP contribution in [0.3, 0.4) is 0 Å². The Balaban J connectivity index is 1.85. The van der Waals surface area contributed by atoms with Crippen molar-refractivity contribution in [3.63, 3.8) is 0 Å². The predicted molar refractivity (Wildman–Crippen MR) is 91.0 cm³/mol. The second-order valence-electron chi connectivity index (χ2n) is 6.46. The van der Waals surface area contributed by atoms with Gasteiger partial charge in [-0.05, 0) is 31.4 Å². The molecule has 118 valence electrons. The van der Waals surface area contributed by atoms with Crippen LogP contribution in [-0.4, -0.2) is 32.0 Å². The van der Waals surface area contributed by atoms with Crippen LogP contribution in [0.5, 0.6) is 0 Å². The molecule has 1 aliphatic carbocycles. The molecule has 5 heteroatoms. The minimum absolute atomic E-state index is 0.0790. The van der Waals surface area contributed by atoms with Crippen molar-refractivity contribution in [3.05, 3.63) is 36.0 Å². The third-order valence-electron chi connectivity index (χ3n) is 4.31. The number of nitrogens with zero attached hydrogens (tertiary/aromatic N) is 1. The van der Waals surface area contributed by atoms with Crippen molar-refractivity contribution in [1.82, 2.24) is 4.98 Å². The van der Waals surface area contributed by atoms with Gasteiger partial charge in [-0.2, -0.15) is 0 Å². The fourth-order valence-electron chi connectivity index (χ4n) is 2.95. The molecule has 0 saturated heterocycles. The van der Waals surface area contributed by atoms with Crippen molar-refractivity contribution >= 4 is 26.4 Å². The molecule has 1 heterocycles. The van der Waals surface area contributed by atoms with Crippen LogP contribution in [0.25, 0.3) is 10.9 Å². The highest BCUT2D eigenvalue weighted by molar-refractivity contribution is 7.90. The lowest BCUT2D eigenvalue weighted by Crippen LogP contribution is -2.24. The summed E-state index contributed by atoms with van der Waals surface area (Å²) in [6.07, 6.45) is 4.17. The molecule has 0 aliphatic heterocycles. The van der Waals surface area contributed by atoms with E-state index in [1.807, 2.05) is 18.2 Å². The Hall–Kier alpha value is -1.62. The van der Waals surface area contributed by atoms with Gasteiger partial charge >= 0.3 is 0 Å². The topological polar surface area (TPSA) is 59.1 Å². The Kier molecular flexibility index (Phi) is 3.85. The average molecular weight is 318 g/mol. The molecular formula is C17H22N2O2S. The number of hydrogen-bond acceptors (Lipinski definition) is 4. The Bertz CT molecular complexity index is 795. The Morgan fingerprint density at radius 1 is 1.27 bits per heavy atom. The highest BCUT2D eigenvalue weighted by Crippen LogP contribution is 2.46. The molecule has 1 N–H and O–H groups in total. The molecule has 0 radical (unpaired) electrons. The van der Waals surface area contributed by atoms with Crippen molar-refractivity contribution < 1.29 is 8.42 Å². The summed E-state index contributed by atoms with van der Waals surface area (Å²) in [6, 6.07) is 10.1. The van der Waals surface area contributed by atoms with Gasteiger partial charge in [0.15, 0.2) is 0 Å². The molecule has 0 spiro atoms. The van der Waals surface area contributed by atoms with Crippen molar-refractivity contribution in [2.75, 3.05) is 23.9 Å². The maximum atomic E-state index is 11.6. The molecule has 0 bridgehead atoms. The van der Waals surface area contributed by atoms with Gasteiger partial charge in [0.1, 0.15) is 9.84 Å². The number of aromatic nitrogens is 1. The van der Waals surface area contributed by atoms with Gasteiger partial charge in [0.05, 0.1) is 11.3 Å². The highest BCUT2D eigenvalue weighted by Gasteiger charge is 2.45. The first-order valence-electron chi connectivity index (χ1n) is 7.71. The normalized spacial score (nSPS) is 16.6. The van der Waals surface area contributed by atoms with Crippen LogP contribution in [0, 0.1) is 5.41 Å². The van der Waals surface area contributed by atoms with E-state index in [0.29, 0.717) is 6.54 Å². The molecule has 3 rings (SSSR count). The van der Waals surface area contributed by atoms with E-state index in [4.69, 9.17) is 0 Å². The monoisotopic (exact) mass is 318 g/mol. The van der Waals surface area contributed by atoms with Crippen molar-refractivity contribution in [1.29, 1.82) is 0 Å². The molecule has 2 aromatic rings. The number of nitrogens with one attached hydrogen (secondary N) is 1. The number of anilines is 1. The van der Waals surface area contributed by atoms with E-state index in [9.17, 15) is 8.42 Å². The molecule has 1 aliphatic rings. The third-order valence-corrected chi connectivity index (χ3v) is 5.45. The third kappa shape index (κ3) is 3.40. The quantitative estimate of drug-likeness (QED) is 0.889. The van der Waals surface area contributed by atoms with E-state index in [1.165, 1.54) is 6.26 Å². The van der Waals surface area contributed by atoms with Crippen LogP contribution in [-0.2, 0) is 16.3 Å². The first-order chi connectivity index (χ1) is 10.4. The molecule has 1 aromatic heterocycles. The molecule has 0 atom stereocenters. The predicted octanol–water partition coefficient (Wildman–Crippen LogP) is 3.03. The van der Waals surface area contributed by atoms with Crippen LogP contribution in [0.2, 0.25) is 0 Å². The summed E-state index contributed by atoms with van der Waals surface area (Å²) >= 11 is 0.